The number of nitrogens with zero attached hydrogens (tertiary/aromatic N) is 3. The topological polar surface area (TPSA) is 51.8 Å². The van der Waals surface area contributed by atoms with E-state index >= 15 is 0 Å². The van der Waals surface area contributed by atoms with Gasteiger partial charge in [-0.15, -0.1) is 11.3 Å². The Morgan fingerprint density at radius 2 is 1.15 bits per heavy atom. The molecule has 0 bridgehead atoms. The monoisotopic (exact) mass is 683 g/mol. The van der Waals surface area contributed by atoms with E-state index < -0.39 is 0 Å². The maximum absolute atomic E-state index is 6.63. The lowest BCUT2D eigenvalue weighted by Gasteiger charge is -2.17. The van der Waals surface area contributed by atoms with Gasteiger partial charge in [0, 0.05) is 42.1 Å². The zero-order valence-electron chi connectivity index (χ0n) is 28.0. The lowest BCUT2D eigenvalue weighted by Crippen LogP contribution is -2.06. The molecule has 0 unspecified atom stereocenters. The molecule has 0 radical (unpaired) electrons. The fraction of sp³-hybridized carbons (Fsp3) is 0.0426. The highest BCUT2D eigenvalue weighted by Crippen LogP contribution is 2.46. The second-order valence-corrected chi connectivity index (χ2v) is 14.6. The molecule has 0 N–H and O–H groups in total. The fourth-order valence-corrected chi connectivity index (χ4v) is 9.11. The minimum Gasteiger partial charge on any atom is -0.456 e. The van der Waals surface area contributed by atoms with Crippen molar-refractivity contribution in [3.8, 4) is 33.9 Å². The van der Waals surface area contributed by atoms with Gasteiger partial charge in [-0.05, 0) is 87.8 Å². The summed E-state index contributed by atoms with van der Waals surface area (Å²) in [7, 11) is 0. The molecule has 1 aliphatic rings. The molecule has 3 heterocycles. The normalized spacial score (nSPS) is 13.0. The summed E-state index contributed by atoms with van der Waals surface area (Å²) in [6.45, 7) is 0. The van der Waals surface area contributed by atoms with Crippen LogP contribution < -0.4 is 0 Å². The van der Waals surface area contributed by atoms with Gasteiger partial charge in [-0.1, -0.05) is 115 Å². The Morgan fingerprint density at radius 1 is 0.481 bits per heavy atom. The van der Waals surface area contributed by atoms with E-state index in [1.54, 1.807) is 0 Å². The average molecular weight is 684 g/mol. The Hall–Kier alpha value is -6.43. The molecule has 3 aromatic heterocycles. The molecule has 0 spiro atoms. The van der Waals surface area contributed by atoms with E-state index in [4.69, 9.17) is 19.4 Å². The number of hydrogen-bond donors (Lipinski definition) is 0. The van der Waals surface area contributed by atoms with Crippen molar-refractivity contribution in [3.63, 3.8) is 0 Å². The Morgan fingerprint density at radius 3 is 2.06 bits per heavy atom. The van der Waals surface area contributed by atoms with Crippen molar-refractivity contribution in [2.75, 3.05) is 0 Å². The van der Waals surface area contributed by atoms with Crippen LogP contribution in [0.25, 0.3) is 98.4 Å². The van der Waals surface area contributed by atoms with E-state index in [0.717, 1.165) is 62.4 Å². The largest absolute Gasteiger partial charge is 0.456 e. The standard InChI is InChI=1S/C47H29N3OS/c1-3-12-30-26-32(24-22-28(30)10-1)45-48-46(33-25-23-29-11-2-4-13-31(29)27-33)50-47(49-45)37-17-8-19-39-44(37)43-35(15-7-18-38(43)51-39)34-16-9-21-41-42(34)36-14-5-6-20-40(36)52-41/h1-22,24,26-27H,23,25H2. The fourth-order valence-electron chi connectivity index (χ4n) is 7.98. The lowest BCUT2D eigenvalue weighted by molar-refractivity contribution is 0.669. The quantitative estimate of drug-likeness (QED) is 0.185. The summed E-state index contributed by atoms with van der Waals surface area (Å²) in [5.74, 6) is 2.00. The van der Waals surface area contributed by atoms with Crippen LogP contribution in [0.4, 0.5) is 0 Å². The number of allylic oxidation sites excluding steroid dienone is 1. The number of fused-ring (bicyclic) bond motifs is 8. The summed E-state index contributed by atoms with van der Waals surface area (Å²) in [5.41, 5.74) is 9.55. The summed E-state index contributed by atoms with van der Waals surface area (Å²) in [4.78, 5) is 15.7. The zero-order chi connectivity index (χ0) is 34.2. The van der Waals surface area contributed by atoms with E-state index in [1.807, 2.05) is 17.4 Å². The highest BCUT2D eigenvalue weighted by molar-refractivity contribution is 7.25. The molecule has 0 atom stereocenters. The third-order valence-electron chi connectivity index (χ3n) is 10.4. The molecule has 10 aromatic rings. The maximum Gasteiger partial charge on any atom is 0.164 e. The van der Waals surface area contributed by atoms with Crippen molar-refractivity contribution in [1.29, 1.82) is 0 Å². The van der Waals surface area contributed by atoms with Gasteiger partial charge in [0.25, 0.3) is 0 Å². The first-order valence-corrected chi connectivity index (χ1v) is 18.5. The van der Waals surface area contributed by atoms with Crippen molar-refractivity contribution in [1.82, 2.24) is 15.0 Å². The lowest BCUT2D eigenvalue weighted by atomic mass is 9.92. The van der Waals surface area contributed by atoms with Crippen molar-refractivity contribution in [2.24, 2.45) is 0 Å². The van der Waals surface area contributed by atoms with Crippen molar-refractivity contribution < 1.29 is 4.42 Å². The summed E-state index contributed by atoms with van der Waals surface area (Å²) in [6, 6.07) is 51.4. The van der Waals surface area contributed by atoms with Gasteiger partial charge in [0.15, 0.2) is 17.5 Å². The molecule has 5 heteroatoms. The van der Waals surface area contributed by atoms with Gasteiger partial charge in [-0.25, -0.2) is 15.0 Å². The number of aromatic nitrogens is 3. The first kappa shape index (κ1) is 29.3. The summed E-state index contributed by atoms with van der Waals surface area (Å²) >= 11 is 1.84. The second-order valence-electron chi connectivity index (χ2n) is 13.5. The zero-order valence-corrected chi connectivity index (χ0v) is 28.8. The SMILES string of the molecule is C1=C(c2nc(-c3ccc4ccccc4c3)nc(-c3cccc4oc5cccc(-c6cccc7sc8ccccc8c67)c5c34)n2)CCc2ccccc21. The molecule has 4 nitrogen and oxygen atoms in total. The van der Waals surface area contributed by atoms with Gasteiger partial charge < -0.3 is 4.42 Å². The van der Waals surface area contributed by atoms with E-state index in [0.29, 0.717) is 17.5 Å². The number of hydrogen-bond acceptors (Lipinski definition) is 5. The van der Waals surface area contributed by atoms with Crippen LogP contribution in [-0.2, 0) is 6.42 Å². The molecule has 0 amide bonds. The van der Waals surface area contributed by atoms with Gasteiger partial charge in [-0.3, -0.25) is 0 Å². The Bertz CT molecular complexity index is 3100. The molecule has 244 valence electrons. The molecule has 0 saturated heterocycles. The number of rotatable bonds is 4. The van der Waals surface area contributed by atoms with Gasteiger partial charge in [0.1, 0.15) is 11.2 Å². The average Bonchev–Trinajstić information content (AvgIpc) is 3.79. The number of thiophene rings is 1. The second kappa shape index (κ2) is 11.6. The Balaban J connectivity index is 1.18. The van der Waals surface area contributed by atoms with E-state index in [1.165, 1.54) is 42.2 Å². The Labute approximate surface area is 303 Å². The van der Waals surface area contributed by atoms with Gasteiger partial charge in [0.05, 0.1) is 0 Å². The first-order valence-electron chi connectivity index (χ1n) is 17.6. The van der Waals surface area contributed by atoms with Crippen molar-refractivity contribution in [3.05, 3.63) is 163 Å². The van der Waals surface area contributed by atoms with Crippen LogP contribution in [0.3, 0.4) is 0 Å². The third-order valence-corrected chi connectivity index (χ3v) is 11.6. The molecule has 11 rings (SSSR count). The molecular formula is C47H29N3OS. The minimum absolute atomic E-state index is 0.634. The van der Waals surface area contributed by atoms with Gasteiger partial charge >= 0.3 is 0 Å². The summed E-state index contributed by atoms with van der Waals surface area (Å²) in [6.07, 6.45) is 4.06. The third kappa shape index (κ3) is 4.63. The number of aryl methyl sites for hydroxylation is 1. The van der Waals surface area contributed by atoms with Gasteiger partial charge in [0.2, 0.25) is 0 Å². The first-order chi connectivity index (χ1) is 25.7. The van der Waals surface area contributed by atoms with Crippen LogP contribution in [0, 0.1) is 0 Å². The van der Waals surface area contributed by atoms with Crippen molar-refractivity contribution >= 4 is 75.9 Å². The van der Waals surface area contributed by atoms with Crippen LogP contribution in [0.1, 0.15) is 23.4 Å². The van der Waals surface area contributed by atoms with Crippen LogP contribution in [0.15, 0.2) is 150 Å². The van der Waals surface area contributed by atoms with Crippen LogP contribution in [0.5, 0.6) is 0 Å². The highest BCUT2D eigenvalue weighted by atomic mass is 32.1. The smallest absolute Gasteiger partial charge is 0.164 e. The predicted octanol–water partition coefficient (Wildman–Crippen LogP) is 12.8. The van der Waals surface area contributed by atoms with Crippen LogP contribution in [0.2, 0.25) is 0 Å². The molecule has 0 aliphatic heterocycles. The summed E-state index contributed by atoms with van der Waals surface area (Å²) < 4.78 is 9.18. The molecule has 52 heavy (non-hydrogen) atoms. The maximum atomic E-state index is 6.63. The van der Waals surface area contributed by atoms with Crippen LogP contribution >= 0.6 is 11.3 Å². The van der Waals surface area contributed by atoms with E-state index in [2.05, 4.69) is 146 Å². The molecule has 7 aromatic carbocycles. The highest BCUT2D eigenvalue weighted by Gasteiger charge is 2.23. The van der Waals surface area contributed by atoms with E-state index in [9.17, 15) is 0 Å². The van der Waals surface area contributed by atoms with E-state index in [-0.39, 0.29) is 0 Å². The van der Waals surface area contributed by atoms with Crippen molar-refractivity contribution in [2.45, 2.75) is 12.8 Å². The number of benzene rings is 7. The predicted molar refractivity (Wildman–Crippen MR) is 216 cm³/mol. The molecule has 0 saturated carbocycles. The summed E-state index contributed by atoms with van der Waals surface area (Å²) in [5, 5.41) is 6.95. The molecular weight excluding hydrogens is 655 g/mol. The Kier molecular flexibility index (Phi) is 6.51. The molecule has 0 fully saturated rings. The van der Waals surface area contributed by atoms with Gasteiger partial charge in [-0.2, -0.15) is 0 Å². The number of furan rings is 1. The minimum atomic E-state index is 0.634. The molecule has 1 aliphatic carbocycles. The van der Waals surface area contributed by atoms with Crippen LogP contribution in [-0.4, -0.2) is 15.0 Å².